The molecule has 6 heteroatoms. The number of methoxy groups -OCH3 is 2. The number of hydrogen-bond donors (Lipinski definition) is 2. The molecule has 2 rings (SSSR count). The van der Waals surface area contributed by atoms with Gasteiger partial charge >= 0.3 is 0 Å². The predicted molar refractivity (Wildman–Crippen MR) is 92.1 cm³/mol. The number of anilines is 1. The zero-order valence-electron chi connectivity index (χ0n) is 11.9. The Morgan fingerprint density at radius 1 is 1.30 bits per heavy atom. The van der Waals surface area contributed by atoms with Gasteiger partial charge in [0.25, 0.3) is 0 Å². The first-order valence-electron chi connectivity index (χ1n) is 6.44. The van der Waals surface area contributed by atoms with Gasteiger partial charge in [0.2, 0.25) is 0 Å². The maximum Gasteiger partial charge on any atom is 0.193 e. The largest absolute Gasteiger partial charge is 0.497 e. The molecule has 0 aromatic heterocycles. The topological polar surface area (TPSA) is 68.9 Å². The first kappa shape index (κ1) is 17.0. The van der Waals surface area contributed by atoms with Gasteiger partial charge < -0.3 is 20.5 Å². The summed E-state index contributed by atoms with van der Waals surface area (Å²) in [6.07, 6.45) is 3.32. The van der Waals surface area contributed by atoms with Gasteiger partial charge in [-0.05, 0) is 43.5 Å². The minimum Gasteiger partial charge on any atom is -0.497 e. The first-order chi connectivity index (χ1) is 9.17. The van der Waals surface area contributed by atoms with Crippen LogP contribution in [0.2, 0.25) is 0 Å². The summed E-state index contributed by atoms with van der Waals surface area (Å²) in [4.78, 5) is 4.35. The summed E-state index contributed by atoms with van der Waals surface area (Å²) in [5, 5.41) is 3.05. The lowest BCUT2D eigenvalue weighted by atomic mass is 9.80. The molecule has 0 heterocycles. The summed E-state index contributed by atoms with van der Waals surface area (Å²) in [7, 11) is 3.38. The second kappa shape index (κ2) is 7.68. The fourth-order valence-electron chi connectivity index (χ4n) is 2.09. The van der Waals surface area contributed by atoms with Crippen molar-refractivity contribution in [2.75, 3.05) is 26.1 Å². The molecule has 20 heavy (non-hydrogen) atoms. The van der Waals surface area contributed by atoms with Crippen molar-refractivity contribution in [3.8, 4) is 5.75 Å². The zero-order valence-corrected chi connectivity index (χ0v) is 14.2. The number of guanidine groups is 1. The molecule has 0 aliphatic heterocycles. The van der Waals surface area contributed by atoms with E-state index in [1.807, 2.05) is 24.3 Å². The molecule has 1 aromatic carbocycles. The average molecular weight is 391 g/mol. The molecule has 0 saturated heterocycles. The number of hydrogen-bond acceptors (Lipinski definition) is 3. The molecule has 5 nitrogen and oxygen atoms in total. The second-order valence-corrected chi connectivity index (χ2v) is 4.80. The molecular formula is C14H22IN3O2. The molecule has 0 radical (unpaired) electrons. The summed E-state index contributed by atoms with van der Waals surface area (Å²) in [6.45, 7) is 0.610. The molecule has 0 bridgehead atoms. The normalized spacial score (nSPS) is 16.8. The van der Waals surface area contributed by atoms with Gasteiger partial charge in [-0.3, -0.25) is 4.99 Å². The van der Waals surface area contributed by atoms with E-state index in [0.29, 0.717) is 12.5 Å². The van der Waals surface area contributed by atoms with Crippen LogP contribution in [0, 0.1) is 0 Å². The molecular weight excluding hydrogens is 369 g/mol. The Bertz CT molecular complexity index is 439. The van der Waals surface area contributed by atoms with Crippen molar-refractivity contribution in [2.24, 2.45) is 10.7 Å². The SMILES string of the molecule is COc1ccc(NC(N)=NCC2(OC)CCC2)cc1.I. The number of ether oxygens (including phenoxy) is 2. The van der Waals surface area contributed by atoms with Gasteiger partial charge in [0.1, 0.15) is 5.75 Å². The van der Waals surface area contributed by atoms with Crippen molar-refractivity contribution in [3.63, 3.8) is 0 Å². The average Bonchev–Trinajstić information content (AvgIpc) is 2.39. The Morgan fingerprint density at radius 3 is 2.40 bits per heavy atom. The summed E-state index contributed by atoms with van der Waals surface area (Å²) < 4.78 is 10.6. The fourth-order valence-corrected chi connectivity index (χ4v) is 2.09. The van der Waals surface area contributed by atoms with Crippen molar-refractivity contribution in [1.29, 1.82) is 0 Å². The fraction of sp³-hybridized carbons (Fsp3) is 0.500. The molecule has 1 aromatic rings. The maximum atomic E-state index is 5.87. The summed E-state index contributed by atoms with van der Waals surface area (Å²) in [6, 6.07) is 7.55. The van der Waals surface area contributed by atoms with E-state index in [1.54, 1.807) is 14.2 Å². The Kier molecular flexibility index (Phi) is 6.54. The van der Waals surface area contributed by atoms with Crippen LogP contribution in [0.25, 0.3) is 0 Å². The van der Waals surface area contributed by atoms with Crippen molar-refractivity contribution >= 4 is 35.6 Å². The van der Waals surface area contributed by atoms with Crippen molar-refractivity contribution in [2.45, 2.75) is 24.9 Å². The van der Waals surface area contributed by atoms with E-state index in [9.17, 15) is 0 Å². The summed E-state index contributed by atoms with van der Waals surface area (Å²) in [5.74, 6) is 1.22. The lowest BCUT2D eigenvalue weighted by Crippen LogP contribution is -2.43. The molecule has 1 aliphatic rings. The van der Waals surface area contributed by atoms with Crippen molar-refractivity contribution in [1.82, 2.24) is 0 Å². The van der Waals surface area contributed by atoms with Crippen LogP contribution in [-0.2, 0) is 4.74 Å². The number of rotatable bonds is 5. The van der Waals surface area contributed by atoms with Gasteiger partial charge in [0, 0.05) is 12.8 Å². The highest BCUT2D eigenvalue weighted by atomic mass is 127. The van der Waals surface area contributed by atoms with E-state index in [2.05, 4.69) is 10.3 Å². The van der Waals surface area contributed by atoms with Crippen molar-refractivity contribution in [3.05, 3.63) is 24.3 Å². The lowest BCUT2D eigenvalue weighted by molar-refractivity contribution is -0.0629. The van der Waals surface area contributed by atoms with Crippen LogP contribution >= 0.6 is 24.0 Å². The van der Waals surface area contributed by atoms with E-state index in [4.69, 9.17) is 15.2 Å². The Hall–Kier alpha value is -1.02. The molecule has 0 spiro atoms. The molecule has 1 fully saturated rings. The standard InChI is InChI=1S/C14H21N3O2.HI/c1-18-12-6-4-11(5-7-12)17-13(15)16-10-14(19-2)8-3-9-14;/h4-7H,3,8-10H2,1-2H3,(H3,15,16,17);1H. The Balaban J connectivity index is 0.00000200. The minimum absolute atomic E-state index is 0. The first-order valence-corrected chi connectivity index (χ1v) is 6.44. The van der Waals surface area contributed by atoms with Crippen LogP contribution in [-0.4, -0.2) is 32.3 Å². The number of halogens is 1. The van der Waals surface area contributed by atoms with Crippen LogP contribution in [0.1, 0.15) is 19.3 Å². The number of nitrogens with one attached hydrogen (secondary N) is 1. The highest BCUT2D eigenvalue weighted by Gasteiger charge is 2.36. The number of nitrogens with two attached hydrogens (primary N) is 1. The predicted octanol–water partition coefficient (Wildman–Crippen LogP) is 2.61. The van der Waals surface area contributed by atoms with Crippen molar-refractivity contribution < 1.29 is 9.47 Å². The van der Waals surface area contributed by atoms with Crippen LogP contribution in [0.5, 0.6) is 5.75 Å². The van der Waals surface area contributed by atoms with Gasteiger partial charge in [-0.25, -0.2) is 0 Å². The third-order valence-electron chi connectivity index (χ3n) is 3.60. The van der Waals surface area contributed by atoms with Gasteiger partial charge in [-0.1, -0.05) is 0 Å². The molecule has 0 amide bonds. The minimum atomic E-state index is -0.0911. The van der Waals surface area contributed by atoms with E-state index < -0.39 is 0 Å². The van der Waals surface area contributed by atoms with E-state index in [0.717, 1.165) is 24.3 Å². The smallest absolute Gasteiger partial charge is 0.193 e. The Morgan fingerprint density at radius 2 is 1.95 bits per heavy atom. The van der Waals surface area contributed by atoms with Crippen LogP contribution < -0.4 is 15.8 Å². The highest BCUT2D eigenvalue weighted by molar-refractivity contribution is 14.0. The molecule has 1 aliphatic carbocycles. The molecule has 1 saturated carbocycles. The van der Waals surface area contributed by atoms with Gasteiger partial charge in [-0.15, -0.1) is 24.0 Å². The van der Waals surface area contributed by atoms with E-state index in [-0.39, 0.29) is 29.6 Å². The number of nitrogens with zero attached hydrogens (tertiary/aromatic N) is 1. The van der Waals surface area contributed by atoms with Crippen LogP contribution in [0.15, 0.2) is 29.3 Å². The second-order valence-electron chi connectivity index (χ2n) is 4.80. The zero-order chi connectivity index (χ0) is 13.7. The lowest BCUT2D eigenvalue weighted by Gasteiger charge is -2.39. The highest BCUT2D eigenvalue weighted by Crippen LogP contribution is 2.35. The van der Waals surface area contributed by atoms with Crippen LogP contribution in [0.4, 0.5) is 5.69 Å². The van der Waals surface area contributed by atoms with E-state index in [1.165, 1.54) is 6.42 Å². The van der Waals surface area contributed by atoms with Crippen LogP contribution in [0.3, 0.4) is 0 Å². The summed E-state index contributed by atoms with van der Waals surface area (Å²) >= 11 is 0. The van der Waals surface area contributed by atoms with Gasteiger partial charge in [-0.2, -0.15) is 0 Å². The van der Waals surface area contributed by atoms with E-state index >= 15 is 0 Å². The quantitative estimate of drug-likeness (QED) is 0.460. The van der Waals surface area contributed by atoms with Gasteiger partial charge in [0.05, 0.1) is 19.3 Å². The van der Waals surface area contributed by atoms with Gasteiger partial charge in [0.15, 0.2) is 5.96 Å². The maximum absolute atomic E-state index is 5.87. The monoisotopic (exact) mass is 391 g/mol. The molecule has 112 valence electrons. The third kappa shape index (κ3) is 4.24. The number of benzene rings is 1. The number of aliphatic imine (C=N–C) groups is 1. The summed E-state index contributed by atoms with van der Waals surface area (Å²) in [5.41, 5.74) is 6.67. The molecule has 0 atom stereocenters. The third-order valence-corrected chi connectivity index (χ3v) is 3.60. The molecule has 3 N–H and O–H groups in total. The molecule has 0 unspecified atom stereocenters. The Labute approximate surface area is 137 Å².